The van der Waals surface area contributed by atoms with E-state index < -0.39 is 30.4 Å². The third kappa shape index (κ3) is 2.11. The summed E-state index contributed by atoms with van der Waals surface area (Å²) in [6.07, 6.45) is -1.76. The number of carbonyl (C=O) groups excluding carboxylic acids is 1. The molecule has 0 saturated carbocycles. The second-order valence-electron chi connectivity index (χ2n) is 6.80. The molecule has 1 unspecified atom stereocenters. The lowest BCUT2D eigenvalue weighted by atomic mass is 9.83. The first-order valence-electron chi connectivity index (χ1n) is 7.66. The van der Waals surface area contributed by atoms with E-state index in [0.29, 0.717) is 13.0 Å². The van der Waals surface area contributed by atoms with Crippen LogP contribution in [0.1, 0.15) is 41.0 Å². The van der Waals surface area contributed by atoms with Gasteiger partial charge in [-0.25, -0.2) is 4.79 Å². The van der Waals surface area contributed by atoms with Crippen LogP contribution in [-0.4, -0.2) is 49.1 Å². The minimum absolute atomic E-state index is 0.202. The van der Waals surface area contributed by atoms with Crippen molar-refractivity contribution in [3.05, 3.63) is 0 Å². The van der Waals surface area contributed by atoms with E-state index in [-0.39, 0.29) is 17.5 Å². The number of carbonyl (C=O) groups is 1. The van der Waals surface area contributed by atoms with Crippen molar-refractivity contribution in [2.24, 2.45) is 5.41 Å². The zero-order valence-electron chi connectivity index (χ0n) is 13.3. The van der Waals surface area contributed by atoms with Crippen LogP contribution in [0.4, 0.5) is 0 Å². The Hall–Kier alpha value is -0.690. The largest absolute Gasteiger partial charge is 0.454 e. The van der Waals surface area contributed by atoms with Crippen LogP contribution in [-0.2, 0) is 28.5 Å². The summed E-state index contributed by atoms with van der Waals surface area (Å²) in [5, 5.41) is 0. The maximum Gasteiger partial charge on any atom is 0.338 e. The van der Waals surface area contributed by atoms with Gasteiger partial charge in [0.25, 0.3) is 0 Å². The van der Waals surface area contributed by atoms with Crippen molar-refractivity contribution in [1.29, 1.82) is 0 Å². The minimum atomic E-state index is -0.719. The maximum atomic E-state index is 11.9. The molecule has 0 aromatic carbocycles. The Bertz CT molecular complexity index is 430. The molecule has 0 spiro atoms. The Labute approximate surface area is 125 Å². The van der Waals surface area contributed by atoms with Gasteiger partial charge in [-0.15, -0.1) is 0 Å². The molecule has 21 heavy (non-hydrogen) atoms. The number of fused-ring (bicyclic) bond motifs is 3. The summed E-state index contributed by atoms with van der Waals surface area (Å²) in [7, 11) is 0. The first-order valence-corrected chi connectivity index (χ1v) is 7.66. The van der Waals surface area contributed by atoms with Gasteiger partial charge in [0.15, 0.2) is 30.4 Å². The fourth-order valence-electron chi connectivity index (χ4n) is 3.41. The summed E-state index contributed by atoms with van der Waals surface area (Å²) < 4.78 is 29.0. The Balaban J connectivity index is 1.79. The predicted molar refractivity (Wildman–Crippen MR) is 72.4 cm³/mol. The Morgan fingerprint density at radius 3 is 2.43 bits per heavy atom. The van der Waals surface area contributed by atoms with E-state index in [1.165, 1.54) is 0 Å². The number of esters is 1. The van der Waals surface area contributed by atoms with Crippen LogP contribution in [0.2, 0.25) is 0 Å². The molecule has 0 amide bonds. The van der Waals surface area contributed by atoms with E-state index in [0.717, 1.165) is 0 Å². The highest BCUT2D eigenvalue weighted by Crippen LogP contribution is 2.50. The van der Waals surface area contributed by atoms with Crippen molar-refractivity contribution >= 4 is 5.97 Å². The van der Waals surface area contributed by atoms with Gasteiger partial charge in [-0.05, 0) is 13.3 Å². The van der Waals surface area contributed by atoms with Crippen LogP contribution >= 0.6 is 0 Å². The number of hydrogen-bond acceptors (Lipinski definition) is 6. The summed E-state index contributed by atoms with van der Waals surface area (Å²) in [6.45, 7) is 10.5. The second kappa shape index (κ2) is 4.91. The zero-order chi connectivity index (χ0) is 15.4. The van der Waals surface area contributed by atoms with Crippen molar-refractivity contribution in [1.82, 2.24) is 0 Å². The molecule has 0 aromatic heterocycles. The molecule has 0 bridgehead atoms. The minimum Gasteiger partial charge on any atom is -0.454 e. The van der Waals surface area contributed by atoms with Gasteiger partial charge in [-0.3, -0.25) is 0 Å². The molecule has 3 saturated heterocycles. The molecular formula is C15H24O6. The summed E-state index contributed by atoms with van der Waals surface area (Å²) >= 11 is 0. The molecule has 3 rings (SSSR count). The standard InChI is InChI=1S/C15H24O6/c1-6-15(14(3,4)5)20-11-9-8(19-13(11)21-15)10(17-7-2)12(16)18-9/h8-11,13H,6-7H2,1-5H3/t8-,9-,10-,11+,13+,15?/m0/s1. The van der Waals surface area contributed by atoms with Crippen LogP contribution in [0.5, 0.6) is 0 Å². The van der Waals surface area contributed by atoms with E-state index in [2.05, 4.69) is 20.8 Å². The number of ether oxygens (including phenoxy) is 5. The van der Waals surface area contributed by atoms with Crippen LogP contribution in [0.3, 0.4) is 0 Å². The molecule has 3 fully saturated rings. The van der Waals surface area contributed by atoms with E-state index in [1.807, 2.05) is 13.8 Å². The van der Waals surface area contributed by atoms with Gasteiger partial charge in [-0.2, -0.15) is 0 Å². The van der Waals surface area contributed by atoms with Crippen molar-refractivity contribution in [2.45, 2.75) is 77.5 Å². The van der Waals surface area contributed by atoms with Crippen LogP contribution in [0.15, 0.2) is 0 Å². The van der Waals surface area contributed by atoms with Gasteiger partial charge in [0.05, 0.1) is 0 Å². The normalized spacial score (nSPS) is 45.6. The van der Waals surface area contributed by atoms with Crippen LogP contribution in [0, 0.1) is 5.41 Å². The smallest absolute Gasteiger partial charge is 0.338 e. The van der Waals surface area contributed by atoms with Gasteiger partial charge < -0.3 is 23.7 Å². The topological polar surface area (TPSA) is 63.2 Å². The SMILES string of the molecule is CCO[C@@H]1C(=O)O[C@@H]2[C@H]3OC(CC)(C(C)(C)C)O[C@H]3O[C@@H]21. The van der Waals surface area contributed by atoms with Gasteiger partial charge in [0, 0.05) is 12.0 Å². The lowest BCUT2D eigenvalue weighted by Crippen LogP contribution is -2.46. The highest BCUT2D eigenvalue weighted by atomic mass is 16.9. The molecule has 6 nitrogen and oxygen atoms in total. The molecule has 3 aliphatic heterocycles. The summed E-state index contributed by atoms with van der Waals surface area (Å²) in [6, 6.07) is 0. The second-order valence-corrected chi connectivity index (χ2v) is 6.80. The van der Waals surface area contributed by atoms with E-state index in [1.54, 1.807) is 0 Å². The lowest BCUT2D eigenvalue weighted by Gasteiger charge is -2.40. The first-order chi connectivity index (χ1) is 9.83. The lowest BCUT2D eigenvalue weighted by molar-refractivity contribution is -0.278. The van der Waals surface area contributed by atoms with Gasteiger partial charge in [0.1, 0.15) is 6.10 Å². The third-order valence-corrected chi connectivity index (χ3v) is 4.58. The fraction of sp³-hybridized carbons (Fsp3) is 0.933. The average Bonchev–Trinajstić information content (AvgIpc) is 3.00. The Morgan fingerprint density at radius 2 is 1.86 bits per heavy atom. The Kier molecular flexibility index (Phi) is 3.56. The number of hydrogen-bond donors (Lipinski definition) is 0. The molecule has 3 aliphatic rings. The molecule has 120 valence electrons. The molecule has 6 heteroatoms. The summed E-state index contributed by atoms with van der Waals surface area (Å²) in [5.41, 5.74) is -0.202. The molecule has 0 N–H and O–H groups in total. The summed E-state index contributed by atoms with van der Waals surface area (Å²) in [4.78, 5) is 11.9. The fourth-order valence-corrected chi connectivity index (χ4v) is 3.41. The zero-order valence-corrected chi connectivity index (χ0v) is 13.3. The molecule has 3 heterocycles. The quantitative estimate of drug-likeness (QED) is 0.738. The summed E-state index contributed by atoms with van der Waals surface area (Å²) in [5.74, 6) is -1.10. The van der Waals surface area contributed by atoms with E-state index >= 15 is 0 Å². The van der Waals surface area contributed by atoms with Crippen molar-refractivity contribution in [2.75, 3.05) is 6.61 Å². The van der Waals surface area contributed by atoms with Gasteiger partial charge in [-0.1, -0.05) is 27.7 Å². The highest BCUT2D eigenvalue weighted by molar-refractivity contribution is 5.78. The van der Waals surface area contributed by atoms with E-state index in [9.17, 15) is 4.79 Å². The predicted octanol–water partition coefficient (Wildman–Crippen LogP) is 1.61. The molecule has 6 atom stereocenters. The van der Waals surface area contributed by atoms with Crippen molar-refractivity contribution < 1.29 is 28.5 Å². The van der Waals surface area contributed by atoms with E-state index in [4.69, 9.17) is 23.7 Å². The average molecular weight is 300 g/mol. The third-order valence-electron chi connectivity index (χ3n) is 4.58. The van der Waals surface area contributed by atoms with Gasteiger partial charge >= 0.3 is 5.97 Å². The molecule has 0 aliphatic carbocycles. The molecule has 0 radical (unpaired) electrons. The molecular weight excluding hydrogens is 276 g/mol. The van der Waals surface area contributed by atoms with Crippen molar-refractivity contribution in [3.8, 4) is 0 Å². The van der Waals surface area contributed by atoms with Crippen molar-refractivity contribution in [3.63, 3.8) is 0 Å². The monoisotopic (exact) mass is 300 g/mol. The number of rotatable bonds is 3. The first kappa shape index (κ1) is 15.2. The highest BCUT2D eigenvalue weighted by Gasteiger charge is 2.66. The maximum absolute atomic E-state index is 11.9. The van der Waals surface area contributed by atoms with Gasteiger partial charge in [0.2, 0.25) is 0 Å². The van der Waals surface area contributed by atoms with Crippen LogP contribution < -0.4 is 0 Å². The Morgan fingerprint density at radius 1 is 1.14 bits per heavy atom. The molecule has 0 aromatic rings. The van der Waals surface area contributed by atoms with Crippen LogP contribution in [0.25, 0.3) is 0 Å².